The van der Waals surface area contributed by atoms with E-state index in [4.69, 9.17) is 5.73 Å². The van der Waals surface area contributed by atoms with Crippen molar-refractivity contribution in [3.63, 3.8) is 0 Å². The minimum Gasteiger partial charge on any atom is -0.371 e. The van der Waals surface area contributed by atoms with E-state index in [0.29, 0.717) is 11.8 Å². The number of nitrogens with zero attached hydrogens (tertiary/aromatic N) is 1. The third-order valence-electron chi connectivity index (χ3n) is 6.55. The third-order valence-corrected chi connectivity index (χ3v) is 6.55. The Hall–Kier alpha value is -1.55. The van der Waals surface area contributed by atoms with Gasteiger partial charge in [-0.15, -0.1) is 0 Å². The Morgan fingerprint density at radius 2 is 1.92 bits per heavy atom. The molecule has 3 aliphatic rings. The Kier molecular flexibility index (Phi) is 4.25. The average Bonchev–Trinajstić information content (AvgIpc) is 3.16. The summed E-state index contributed by atoms with van der Waals surface area (Å²) < 4.78 is 0. The molecule has 3 N–H and O–H groups in total. The lowest BCUT2D eigenvalue weighted by atomic mass is 9.84. The Morgan fingerprint density at radius 3 is 2.62 bits per heavy atom. The molecule has 1 aromatic rings. The maximum Gasteiger partial charge on any atom is 0.229 e. The molecule has 2 aliphatic carbocycles. The van der Waals surface area contributed by atoms with E-state index in [2.05, 4.69) is 29.3 Å². The van der Waals surface area contributed by atoms with Crippen molar-refractivity contribution in [2.24, 2.45) is 29.4 Å². The summed E-state index contributed by atoms with van der Waals surface area (Å²) in [7, 11) is 0. The van der Waals surface area contributed by atoms with Crippen LogP contribution in [-0.4, -0.2) is 25.0 Å². The molecular formula is C20H29N3O. The molecule has 4 nitrogen and oxygen atoms in total. The zero-order valence-electron chi connectivity index (χ0n) is 14.6. The average molecular weight is 327 g/mol. The molecule has 2 bridgehead atoms. The molecule has 4 rings (SSSR count). The Balaban J connectivity index is 1.43. The van der Waals surface area contributed by atoms with Crippen LogP contribution in [-0.2, 0) is 4.79 Å². The van der Waals surface area contributed by atoms with Crippen LogP contribution in [0.15, 0.2) is 24.3 Å². The van der Waals surface area contributed by atoms with E-state index in [0.717, 1.165) is 31.1 Å². The summed E-state index contributed by atoms with van der Waals surface area (Å²) in [4.78, 5) is 15.2. The van der Waals surface area contributed by atoms with Gasteiger partial charge in [0.05, 0.1) is 5.92 Å². The van der Waals surface area contributed by atoms with Gasteiger partial charge in [0.1, 0.15) is 0 Å². The first-order chi connectivity index (χ1) is 11.6. The number of amides is 1. The standard InChI is InChI=1S/C20H29N3O/c1-13-7-9-23(10-8-13)17-4-2-3-16(12-17)22-20(24)18-14-5-6-15(11-14)19(18)21/h2-4,12-15,18-19H,5-11,21H2,1H3,(H,22,24). The molecule has 4 atom stereocenters. The van der Waals surface area contributed by atoms with Gasteiger partial charge in [-0.05, 0) is 68.1 Å². The van der Waals surface area contributed by atoms with Gasteiger partial charge in [-0.2, -0.15) is 0 Å². The molecule has 0 radical (unpaired) electrons. The second kappa shape index (κ2) is 6.40. The van der Waals surface area contributed by atoms with Gasteiger partial charge in [-0.3, -0.25) is 4.79 Å². The van der Waals surface area contributed by atoms with Crippen LogP contribution in [0.2, 0.25) is 0 Å². The van der Waals surface area contributed by atoms with Crippen LogP contribution >= 0.6 is 0 Å². The van der Waals surface area contributed by atoms with Crippen LogP contribution in [0.1, 0.15) is 39.0 Å². The second-order valence-corrected chi connectivity index (χ2v) is 8.15. The largest absolute Gasteiger partial charge is 0.371 e. The van der Waals surface area contributed by atoms with Crippen LogP contribution in [0.5, 0.6) is 0 Å². The van der Waals surface area contributed by atoms with E-state index < -0.39 is 0 Å². The van der Waals surface area contributed by atoms with Crippen molar-refractivity contribution in [1.82, 2.24) is 0 Å². The monoisotopic (exact) mass is 327 g/mol. The highest BCUT2D eigenvalue weighted by molar-refractivity contribution is 5.94. The molecule has 0 spiro atoms. The predicted molar refractivity (Wildman–Crippen MR) is 98.0 cm³/mol. The summed E-state index contributed by atoms with van der Waals surface area (Å²) in [5.74, 6) is 2.01. The van der Waals surface area contributed by atoms with Crippen LogP contribution in [0.25, 0.3) is 0 Å². The lowest BCUT2D eigenvalue weighted by molar-refractivity contribution is -0.121. The number of piperidine rings is 1. The van der Waals surface area contributed by atoms with Gasteiger partial charge in [0.25, 0.3) is 0 Å². The van der Waals surface area contributed by atoms with Gasteiger partial charge in [0, 0.05) is 30.5 Å². The first kappa shape index (κ1) is 15.9. The lowest BCUT2D eigenvalue weighted by Gasteiger charge is -2.32. The van der Waals surface area contributed by atoms with Gasteiger partial charge in [-0.25, -0.2) is 0 Å². The fourth-order valence-electron chi connectivity index (χ4n) is 5.00. The molecule has 130 valence electrons. The molecule has 3 fully saturated rings. The van der Waals surface area contributed by atoms with Gasteiger partial charge in [0.2, 0.25) is 5.91 Å². The highest BCUT2D eigenvalue weighted by Crippen LogP contribution is 2.48. The van der Waals surface area contributed by atoms with Gasteiger partial charge >= 0.3 is 0 Å². The van der Waals surface area contributed by atoms with E-state index in [-0.39, 0.29) is 17.9 Å². The number of rotatable bonds is 3. The summed E-state index contributed by atoms with van der Waals surface area (Å²) in [6.45, 7) is 4.54. The van der Waals surface area contributed by atoms with Crippen LogP contribution in [0.4, 0.5) is 11.4 Å². The van der Waals surface area contributed by atoms with Crippen molar-refractivity contribution >= 4 is 17.3 Å². The number of anilines is 2. The van der Waals surface area contributed by atoms with Crippen molar-refractivity contribution in [3.05, 3.63) is 24.3 Å². The van der Waals surface area contributed by atoms with E-state index in [1.807, 2.05) is 12.1 Å². The maximum atomic E-state index is 12.7. The second-order valence-electron chi connectivity index (χ2n) is 8.15. The molecule has 24 heavy (non-hydrogen) atoms. The van der Waals surface area contributed by atoms with Gasteiger partial charge < -0.3 is 16.0 Å². The molecule has 1 amide bonds. The molecule has 1 saturated heterocycles. The zero-order chi connectivity index (χ0) is 16.7. The quantitative estimate of drug-likeness (QED) is 0.896. The van der Waals surface area contributed by atoms with Gasteiger partial charge in [-0.1, -0.05) is 13.0 Å². The van der Waals surface area contributed by atoms with Crippen molar-refractivity contribution in [3.8, 4) is 0 Å². The van der Waals surface area contributed by atoms with Crippen molar-refractivity contribution < 1.29 is 4.79 Å². The first-order valence-electron chi connectivity index (χ1n) is 9.53. The predicted octanol–water partition coefficient (Wildman–Crippen LogP) is 3.23. The topological polar surface area (TPSA) is 58.4 Å². The lowest BCUT2D eigenvalue weighted by Crippen LogP contribution is -2.42. The molecule has 1 aliphatic heterocycles. The minimum absolute atomic E-state index is 0.00300. The van der Waals surface area contributed by atoms with Crippen molar-refractivity contribution in [2.45, 2.75) is 45.1 Å². The fraction of sp³-hybridized carbons (Fsp3) is 0.650. The maximum absolute atomic E-state index is 12.7. The van der Waals surface area contributed by atoms with E-state index >= 15 is 0 Å². The van der Waals surface area contributed by atoms with Crippen LogP contribution in [0, 0.1) is 23.7 Å². The summed E-state index contributed by atoms with van der Waals surface area (Å²) in [5.41, 5.74) is 8.44. The number of nitrogens with two attached hydrogens (primary N) is 1. The third kappa shape index (κ3) is 2.92. The zero-order valence-corrected chi connectivity index (χ0v) is 14.6. The number of nitrogens with one attached hydrogen (secondary N) is 1. The highest BCUT2D eigenvalue weighted by atomic mass is 16.2. The summed E-state index contributed by atoms with van der Waals surface area (Å²) in [5, 5.41) is 3.14. The number of hydrogen-bond donors (Lipinski definition) is 2. The molecule has 1 aromatic carbocycles. The number of benzene rings is 1. The van der Waals surface area contributed by atoms with Crippen LogP contribution in [0.3, 0.4) is 0 Å². The molecule has 0 aromatic heterocycles. The SMILES string of the molecule is CC1CCN(c2cccc(NC(=O)C3C4CCC(C4)C3N)c2)CC1. The molecule has 4 heteroatoms. The Bertz CT molecular complexity index is 607. The van der Waals surface area contributed by atoms with Crippen molar-refractivity contribution in [2.75, 3.05) is 23.3 Å². The van der Waals surface area contributed by atoms with Crippen molar-refractivity contribution in [1.29, 1.82) is 0 Å². The number of carbonyl (C=O) groups is 1. The molecule has 1 heterocycles. The summed E-state index contributed by atoms with van der Waals surface area (Å²) in [6, 6.07) is 8.35. The normalized spacial score (nSPS) is 33.0. The Labute approximate surface area is 144 Å². The smallest absolute Gasteiger partial charge is 0.229 e. The number of carbonyl (C=O) groups excluding carboxylic acids is 1. The number of fused-ring (bicyclic) bond motifs is 2. The van der Waals surface area contributed by atoms with E-state index in [1.54, 1.807) is 0 Å². The summed E-state index contributed by atoms with van der Waals surface area (Å²) in [6.07, 6.45) is 6.01. The highest BCUT2D eigenvalue weighted by Gasteiger charge is 2.49. The first-order valence-corrected chi connectivity index (χ1v) is 9.53. The summed E-state index contributed by atoms with van der Waals surface area (Å²) >= 11 is 0. The molecule has 4 unspecified atom stereocenters. The van der Waals surface area contributed by atoms with E-state index in [9.17, 15) is 4.79 Å². The molecule has 2 saturated carbocycles. The minimum atomic E-state index is 0.00300. The fourth-order valence-corrected chi connectivity index (χ4v) is 5.00. The van der Waals surface area contributed by atoms with Gasteiger partial charge in [0.15, 0.2) is 0 Å². The molecular weight excluding hydrogens is 298 g/mol. The number of hydrogen-bond acceptors (Lipinski definition) is 3. The Morgan fingerprint density at radius 1 is 1.17 bits per heavy atom. The van der Waals surface area contributed by atoms with Crippen LogP contribution < -0.4 is 16.0 Å². The van der Waals surface area contributed by atoms with E-state index in [1.165, 1.54) is 31.4 Å².